The first kappa shape index (κ1) is 13.6. The van der Waals surface area contributed by atoms with E-state index >= 15 is 0 Å². The number of anilines is 2. The van der Waals surface area contributed by atoms with Crippen LogP contribution in [-0.2, 0) is 0 Å². The maximum Gasteiger partial charge on any atom is 0.224 e. The van der Waals surface area contributed by atoms with Crippen molar-refractivity contribution in [3.8, 4) is 0 Å². The maximum atomic E-state index is 4.41. The van der Waals surface area contributed by atoms with E-state index in [1.54, 1.807) is 6.20 Å². The third-order valence-electron chi connectivity index (χ3n) is 3.57. The van der Waals surface area contributed by atoms with E-state index in [1.807, 2.05) is 7.05 Å². The molecule has 0 radical (unpaired) electrons. The number of hydrogen-bond donors (Lipinski definition) is 2. The Morgan fingerprint density at radius 1 is 1.44 bits per heavy atom. The van der Waals surface area contributed by atoms with Gasteiger partial charge in [-0.3, -0.25) is 0 Å². The van der Waals surface area contributed by atoms with Crippen LogP contribution in [-0.4, -0.2) is 23.6 Å². The van der Waals surface area contributed by atoms with E-state index in [0.29, 0.717) is 5.95 Å². The van der Waals surface area contributed by atoms with Crippen LogP contribution < -0.4 is 10.6 Å². The SMILES string of the molecule is CNc1ncc(Br)c(NCC2CCCC(C)C2)n1. The Kier molecular flexibility index (Phi) is 4.80. The Morgan fingerprint density at radius 2 is 2.28 bits per heavy atom. The monoisotopic (exact) mass is 312 g/mol. The third-order valence-corrected chi connectivity index (χ3v) is 4.15. The van der Waals surface area contributed by atoms with Crippen LogP contribution in [0.25, 0.3) is 0 Å². The number of nitrogens with zero attached hydrogens (tertiary/aromatic N) is 2. The molecule has 2 atom stereocenters. The van der Waals surface area contributed by atoms with Gasteiger partial charge in [0.25, 0.3) is 0 Å². The van der Waals surface area contributed by atoms with Crippen LogP contribution in [0.1, 0.15) is 32.6 Å². The van der Waals surface area contributed by atoms with Crippen molar-refractivity contribution in [2.45, 2.75) is 32.6 Å². The fraction of sp³-hybridized carbons (Fsp3) is 0.692. The van der Waals surface area contributed by atoms with Gasteiger partial charge in [-0.25, -0.2) is 4.98 Å². The minimum absolute atomic E-state index is 0.651. The van der Waals surface area contributed by atoms with Gasteiger partial charge in [0.15, 0.2) is 0 Å². The van der Waals surface area contributed by atoms with Gasteiger partial charge in [0.1, 0.15) is 5.82 Å². The number of rotatable bonds is 4. The molecule has 1 aliphatic carbocycles. The van der Waals surface area contributed by atoms with E-state index in [2.05, 4.69) is 43.5 Å². The molecule has 100 valence electrons. The maximum absolute atomic E-state index is 4.41. The van der Waals surface area contributed by atoms with Crippen LogP contribution in [0, 0.1) is 11.8 Å². The number of hydrogen-bond acceptors (Lipinski definition) is 4. The Bertz CT molecular complexity index is 397. The zero-order valence-electron chi connectivity index (χ0n) is 11.0. The molecule has 5 heteroatoms. The Hall–Kier alpha value is -0.840. The molecule has 2 unspecified atom stereocenters. The molecule has 1 heterocycles. The van der Waals surface area contributed by atoms with E-state index in [0.717, 1.165) is 28.7 Å². The topological polar surface area (TPSA) is 49.8 Å². The summed E-state index contributed by atoms with van der Waals surface area (Å²) in [6, 6.07) is 0. The summed E-state index contributed by atoms with van der Waals surface area (Å²) in [6.07, 6.45) is 7.19. The van der Waals surface area contributed by atoms with Gasteiger partial charge in [-0.05, 0) is 40.6 Å². The Labute approximate surface area is 117 Å². The molecule has 0 saturated heterocycles. The van der Waals surface area contributed by atoms with Crippen molar-refractivity contribution < 1.29 is 0 Å². The molecular weight excluding hydrogens is 292 g/mol. The highest BCUT2D eigenvalue weighted by molar-refractivity contribution is 9.10. The largest absolute Gasteiger partial charge is 0.369 e. The average molecular weight is 313 g/mol. The molecular formula is C13H21BrN4. The molecule has 1 saturated carbocycles. The summed E-state index contributed by atoms with van der Waals surface area (Å²) < 4.78 is 0.922. The second kappa shape index (κ2) is 6.36. The van der Waals surface area contributed by atoms with E-state index in [4.69, 9.17) is 0 Å². The summed E-state index contributed by atoms with van der Waals surface area (Å²) in [7, 11) is 1.83. The molecule has 1 fully saturated rings. The van der Waals surface area contributed by atoms with Crippen molar-refractivity contribution in [3.63, 3.8) is 0 Å². The quantitative estimate of drug-likeness (QED) is 0.893. The molecule has 4 nitrogen and oxygen atoms in total. The van der Waals surface area contributed by atoms with Crippen LogP contribution in [0.2, 0.25) is 0 Å². The lowest BCUT2D eigenvalue weighted by Gasteiger charge is -2.27. The summed E-state index contributed by atoms with van der Waals surface area (Å²) in [4.78, 5) is 8.57. The zero-order chi connectivity index (χ0) is 13.0. The van der Waals surface area contributed by atoms with E-state index < -0.39 is 0 Å². The lowest BCUT2D eigenvalue weighted by molar-refractivity contribution is 0.293. The summed E-state index contributed by atoms with van der Waals surface area (Å²) in [5, 5.41) is 6.40. The van der Waals surface area contributed by atoms with Gasteiger partial charge < -0.3 is 10.6 Å². The first-order chi connectivity index (χ1) is 8.69. The van der Waals surface area contributed by atoms with Gasteiger partial charge in [-0.1, -0.05) is 19.8 Å². The lowest BCUT2D eigenvalue weighted by atomic mass is 9.82. The van der Waals surface area contributed by atoms with Crippen molar-refractivity contribution in [2.75, 3.05) is 24.2 Å². The highest BCUT2D eigenvalue weighted by Crippen LogP contribution is 2.29. The summed E-state index contributed by atoms with van der Waals surface area (Å²) in [5.74, 6) is 3.17. The molecule has 0 spiro atoms. The smallest absolute Gasteiger partial charge is 0.224 e. The fourth-order valence-electron chi connectivity index (χ4n) is 2.60. The summed E-state index contributed by atoms with van der Waals surface area (Å²) >= 11 is 3.48. The minimum atomic E-state index is 0.651. The molecule has 1 aliphatic rings. The second-order valence-corrected chi connectivity index (χ2v) is 6.01. The van der Waals surface area contributed by atoms with Crippen molar-refractivity contribution in [3.05, 3.63) is 10.7 Å². The fourth-order valence-corrected chi connectivity index (χ4v) is 2.93. The summed E-state index contributed by atoms with van der Waals surface area (Å²) in [6.45, 7) is 3.36. The van der Waals surface area contributed by atoms with Crippen molar-refractivity contribution in [1.82, 2.24) is 9.97 Å². The first-order valence-electron chi connectivity index (χ1n) is 6.63. The van der Waals surface area contributed by atoms with Gasteiger partial charge in [-0.2, -0.15) is 4.98 Å². The van der Waals surface area contributed by atoms with E-state index in [9.17, 15) is 0 Å². The van der Waals surface area contributed by atoms with Gasteiger partial charge in [0.2, 0.25) is 5.95 Å². The molecule has 18 heavy (non-hydrogen) atoms. The van der Waals surface area contributed by atoms with Gasteiger partial charge in [0.05, 0.1) is 4.47 Å². The molecule has 1 aromatic heterocycles. The second-order valence-electron chi connectivity index (χ2n) is 5.16. The molecule has 0 aromatic carbocycles. The number of halogens is 1. The first-order valence-corrected chi connectivity index (χ1v) is 7.42. The molecule has 2 rings (SSSR count). The molecule has 2 N–H and O–H groups in total. The van der Waals surface area contributed by atoms with Crippen molar-refractivity contribution >= 4 is 27.7 Å². The predicted octanol–water partition coefficient (Wildman–Crippen LogP) is 3.52. The Morgan fingerprint density at radius 3 is 3.00 bits per heavy atom. The zero-order valence-corrected chi connectivity index (χ0v) is 12.6. The average Bonchev–Trinajstić information content (AvgIpc) is 2.38. The van der Waals surface area contributed by atoms with E-state index in [-0.39, 0.29) is 0 Å². The van der Waals surface area contributed by atoms with Crippen molar-refractivity contribution in [2.24, 2.45) is 11.8 Å². The highest BCUT2D eigenvalue weighted by atomic mass is 79.9. The molecule has 0 bridgehead atoms. The van der Waals surface area contributed by atoms with Crippen molar-refractivity contribution in [1.29, 1.82) is 0 Å². The van der Waals surface area contributed by atoms with Crippen LogP contribution in [0.4, 0.5) is 11.8 Å². The predicted molar refractivity (Wildman–Crippen MR) is 78.9 cm³/mol. The summed E-state index contributed by atoms with van der Waals surface area (Å²) in [5.41, 5.74) is 0. The molecule has 0 aliphatic heterocycles. The molecule has 0 amide bonds. The number of nitrogens with one attached hydrogen (secondary N) is 2. The van der Waals surface area contributed by atoms with Crippen LogP contribution in [0.5, 0.6) is 0 Å². The molecule has 1 aromatic rings. The van der Waals surface area contributed by atoms with E-state index in [1.165, 1.54) is 25.7 Å². The minimum Gasteiger partial charge on any atom is -0.369 e. The Balaban J connectivity index is 1.92. The standard InChI is InChI=1S/C13H21BrN4/c1-9-4-3-5-10(6-9)7-16-12-11(14)8-17-13(15-2)18-12/h8-10H,3-7H2,1-2H3,(H2,15,16,17,18). The van der Waals surface area contributed by atoms with Crippen LogP contribution >= 0.6 is 15.9 Å². The normalized spacial score (nSPS) is 23.7. The highest BCUT2D eigenvalue weighted by Gasteiger charge is 2.19. The number of aromatic nitrogens is 2. The van der Waals surface area contributed by atoms with Gasteiger partial charge >= 0.3 is 0 Å². The van der Waals surface area contributed by atoms with Crippen LogP contribution in [0.15, 0.2) is 10.7 Å². The van der Waals surface area contributed by atoms with Crippen LogP contribution in [0.3, 0.4) is 0 Å². The van der Waals surface area contributed by atoms with Gasteiger partial charge in [-0.15, -0.1) is 0 Å². The van der Waals surface area contributed by atoms with Gasteiger partial charge in [0, 0.05) is 19.8 Å². The lowest BCUT2D eigenvalue weighted by Crippen LogP contribution is -2.21. The third kappa shape index (κ3) is 3.57.